The van der Waals surface area contributed by atoms with E-state index in [1.165, 1.54) is 0 Å². The predicted molar refractivity (Wildman–Crippen MR) is 148 cm³/mol. The lowest BCUT2D eigenvalue weighted by Crippen LogP contribution is -2.43. The minimum absolute atomic E-state index is 0.0646. The molecule has 1 N–H and O–H groups in total. The molecule has 1 aliphatic rings. The number of carbonyl (C=O) groups is 1. The first-order chi connectivity index (χ1) is 18.1. The van der Waals surface area contributed by atoms with Gasteiger partial charge in [-0.2, -0.15) is 0 Å². The van der Waals surface area contributed by atoms with Gasteiger partial charge in [0.2, 0.25) is 5.91 Å². The second-order valence-electron chi connectivity index (χ2n) is 8.79. The molecule has 5 rings (SSSR count). The molecule has 1 amide bonds. The van der Waals surface area contributed by atoms with Crippen LogP contribution in [-0.2, 0) is 11.2 Å². The summed E-state index contributed by atoms with van der Waals surface area (Å²) in [5, 5.41) is 16.9. The van der Waals surface area contributed by atoms with Gasteiger partial charge in [-0.3, -0.25) is 4.79 Å². The molecule has 0 bridgehead atoms. The molecule has 1 fully saturated rings. The maximum Gasteiger partial charge on any atom is 0.224 e. The van der Waals surface area contributed by atoms with Crippen molar-refractivity contribution in [1.29, 1.82) is 0 Å². The monoisotopic (exact) mass is 535 g/mol. The fourth-order valence-electron chi connectivity index (χ4n) is 4.43. The van der Waals surface area contributed by atoms with Crippen LogP contribution in [0.4, 0.5) is 5.82 Å². The quantitative estimate of drug-likeness (QED) is 0.325. The zero-order valence-corrected chi connectivity index (χ0v) is 22.5. The van der Waals surface area contributed by atoms with E-state index in [-0.39, 0.29) is 11.8 Å². The first kappa shape index (κ1) is 25.2. The summed E-state index contributed by atoms with van der Waals surface area (Å²) >= 11 is 3.23. The molecule has 37 heavy (non-hydrogen) atoms. The van der Waals surface area contributed by atoms with E-state index in [9.17, 15) is 4.79 Å². The summed E-state index contributed by atoms with van der Waals surface area (Å²) in [4.78, 5) is 20.9. The van der Waals surface area contributed by atoms with Crippen molar-refractivity contribution in [3.63, 3.8) is 0 Å². The fraction of sp³-hybridized carbons (Fsp3) is 0.333. The van der Waals surface area contributed by atoms with E-state index in [1.807, 2.05) is 53.2 Å². The van der Waals surface area contributed by atoms with E-state index in [2.05, 4.69) is 20.4 Å². The Morgan fingerprint density at radius 2 is 2.00 bits per heavy atom. The van der Waals surface area contributed by atoms with E-state index >= 15 is 0 Å². The Balaban J connectivity index is 1.13. The molecule has 1 aliphatic heterocycles. The number of benzene rings is 1. The van der Waals surface area contributed by atoms with Crippen molar-refractivity contribution in [1.82, 2.24) is 20.5 Å². The number of ether oxygens (including phenoxy) is 2. The summed E-state index contributed by atoms with van der Waals surface area (Å²) in [5.41, 5.74) is 2.81. The first-order valence-electron chi connectivity index (χ1n) is 12.2. The standard InChI is InChI=1S/C27H29N5O3S2/c1-34-22-9-7-18(15-23(22)35-2)27-29-20(17-37-27)11-12-28-26(33)19-5-3-13-32(16-19)25-10-8-21(30-31-25)24-6-4-14-36-24/h4,6-10,14-15,17,19H,3,5,11-13,16H2,1-2H3,(H,28,33). The van der Waals surface area contributed by atoms with E-state index in [0.717, 1.165) is 52.0 Å². The highest BCUT2D eigenvalue weighted by Crippen LogP contribution is 2.33. The number of methoxy groups -OCH3 is 2. The summed E-state index contributed by atoms with van der Waals surface area (Å²) in [7, 11) is 3.24. The van der Waals surface area contributed by atoms with Crippen molar-refractivity contribution >= 4 is 34.4 Å². The number of nitrogens with one attached hydrogen (secondary N) is 1. The van der Waals surface area contributed by atoms with Crippen LogP contribution in [0.3, 0.4) is 0 Å². The molecule has 0 saturated carbocycles. The highest BCUT2D eigenvalue weighted by molar-refractivity contribution is 7.13. The van der Waals surface area contributed by atoms with Gasteiger partial charge in [0.1, 0.15) is 10.7 Å². The number of anilines is 1. The summed E-state index contributed by atoms with van der Waals surface area (Å²) in [6.07, 6.45) is 2.51. The molecule has 1 atom stereocenters. The van der Waals surface area contributed by atoms with Crippen LogP contribution in [0.25, 0.3) is 21.1 Å². The smallest absolute Gasteiger partial charge is 0.224 e. The van der Waals surface area contributed by atoms with Crippen molar-refractivity contribution in [3.8, 4) is 32.6 Å². The number of hydrogen-bond donors (Lipinski definition) is 1. The zero-order valence-electron chi connectivity index (χ0n) is 20.8. The lowest BCUT2D eigenvalue weighted by Gasteiger charge is -2.32. The van der Waals surface area contributed by atoms with Gasteiger partial charge in [0, 0.05) is 37.0 Å². The fourth-order valence-corrected chi connectivity index (χ4v) is 5.97. The summed E-state index contributed by atoms with van der Waals surface area (Å²) in [5.74, 6) is 2.21. The second kappa shape index (κ2) is 11.7. The molecule has 8 nitrogen and oxygen atoms in total. The van der Waals surface area contributed by atoms with E-state index in [0.29, 0.717) is 31.0 Å². The van der Waals surface area contributed by atoms with E-state index in [1.54, 1.807) is 36.9 Å². The second-order valence-corrected chi connectivity index (χ2v) is 10.6. The van der Waals surface area contributed by atoms with Gasteiger partial charge in [0.25, 0.3) is 0 Å². The molecule has 1 aromatic carbocycles. The molecule has 4 heterocycles. The minimum atomic E-state index is -0.0646. The minimum Gasteiger partial charge on any atom is -0.493 e. The molecule has 1 saturated heterocycles. The van der Waals surface area contributed by atoms with Gasteiger partial charge in [0.15, 0.2) is 17.3 Å². The average Bonchev–Trinajstić information content (AvgIpc) is 3.66. The maximum absolute atomic E-state index is 12.9. The largest absolute Gasteiger partial charge is 0.493 e. The van der Waals surface area contributed by atoms with Crippen LogP contribution in [0.5, 0.6) is 11.5 Å². The molecule has 10 heteroatoms. The molecule has 0 radical (unpaired) electrons. The number of hydrogen-bond acceptors (Lipinski definition) is 9. The Bertz CT molecular complexity index is 1320. The van der Waals surface area contributed by atoms with Gasteiger partial charge < -0.3 is 19.7 Å². The van der Waals surface area contributed by atoms with Gasteiger partial charge in [-0.1, -0.05) is 6.07 Å². The SMILES string of the molecule is COc1ccc(-c2nc(CCNC(=O)C3CCCN(c4ccc(-c5cccs5)nn4)C3)cs2)cc1OC. The van der Waals surface area contributed by atoms with Crippen molar-refractivity contribution in [3.05, 3.63) is 58.9 Å². The number of thiazole rings is 1. The molecular formula is C27H29N5O3S2. The maximum atomic E-state index is 12.9. The Morgan fingerprint density at radius 3 is 2.76 bits per heavy atom. The van der Waals surface area contributed by atoms with E-state index < -0.39 is 0 Å². The van der Waals surface area contributed by atoms with Crippen LogP contribution in [0.2, 0.25) is 0 Å². The third kappa shape index (κ3) is 5.91. The number of thiophene rings is 1. The molecule has 0 spiro atoms. The predicted octanol–water partition coefficient (Wildman–Crippen LogP) is 4.92. The van der Waals surface area contributed by atoms with E-state index in [4.69, 9.17) is 14.5 Å². The van der Waals surface area contributed by atoms with Crippen molar-refractivity contribution in [2.24, 2.45) is 5.92 Å². The number of piperidine rings is 1. The number of nitrogens with zero attached hydrogens (tertiary/aromatic N) is 4. The first-order valence-corrected chi connectivity index (χ1v) is 14.0. The number of aromatic nitrogens is 3. The molecule has 1 unspecified atom stereocenters. The van der Waals surface area contributed by atoms with Crippen LogP contribution in [-0.4, -0.2) is 54.9 Å². The Hall–Kier alpha value is -3.50. The molecule has 192 valence electrons. The Morgan fingerprint density at radius 1 is 1.11 bits per heavy atom. The number of carbonyl (C=O) groups excluding carboxylic acids is 1. The van der Waals surface area contributed by atoms with Crippen LogP contribution in [0.1, 0.15) is 18.5 Å². The molecule has 4 aromatic rings. The molecule has 3 aromatic heterocycles. The Labute approximate surface area is 224 Å². The highest BCUT2D eigenvalue weighted by atomic mass is 32.1. The lowest BCUT2D eigenvalue weighted by molar-refractivity contribution is -0.125. The van der Waals surface area contributed by atoms with Gasteiger partial charge in [-0.05, 0) is 54.6 Å². The van der Waals surface area contributed by atoms with Gasteiger partial charge in [0.05, 0.1) is 30.7 Å². The third-order valence-electron chi connectivity index (χ3n) is 6.40. The van der Waals surface area contributed by atoms with Crippen LogP contribution in [0.15, 0.2) is 53.2 Å². The summed E-state index contributed by atoms with van der Waals surface area (Å²) < 4.78 is 10.7. The van der Waals surface area contributed by atoms with Crippen molar-refractivity contribution in [2.45, 2.75) is 19.3 Å². The normalized spacial score (nSPS) is 15.4. The molecule has 0 aliphatic carbocycles. The van der Waals surface area contributed by atoms with Gasteiger partial charge in [-0.25, -0.2) is 4.98 Å². The topological polar surface area (TPSA) is 89.5 Å². The molecular weight excluding hydrogens is 506 g/mol. The van der Waals surface area contributed by atoms with Gasteiger partial charge in [-0.15, -0.1) is 32.9 Å². The number of rotatable bonds is 9. The highest BCUT2D eigenvalue weighted by Gasteiger charge is 2.26. The summed E-state index contributed by atoms with van der Waals surface area (Å²) in [6.45, 7) is 2.09. The van der Waals surface area contributed by atoms with Crippen LogP contribution < -0.4 is 19.7 Å². The van der Waals surface area contributed by atoms with Crippen molar-refractivity contribution < 1.29 is 14.3 Å². The summed E-state index contributed by atoms with van der Waals surface area (Å²) in [6, 6.07) is 13.8. The zero-order chi connectivity index (χ0) is 25.6. The Kier molecular flexibility index (Phi) is 7.96. The average molecular weight is 536 g/mol. The van der Waals surface area contributed by atoms with Crippen LogP contribution >= 0.6 is 22.7 Å². The lowest BCUT2D eigenvalue weighted by atomic mass is 9.97. The van der Waals surface area contributed by atoms with Crippen LogP contribution in [0, 0.1) is 5.92 Å². The third-order valence-corrected chi connectivity index (χ3v) is 8.24. The van der Waals surface area contributed by atoms with Gasteiger partial charge >= 0.3 is 0 Å². The number of amides is 1. The van der Waals surface area contributed by atoms with Crippen molar-refractivity contribution in [2.75, 3.05) is 38.8 Å².